The van der Waals surface area contributed by atoms with Crippen molar-refractivity contribution in [2.24, 2.45) is 0 Å². The maximum Gasteiger partial charge on any atom is 0.277 e. The smallest absolute Gasteiger partial charge is 0.277 e. The first-order valence-corrected chi connectivity index (χ1v) is 4.94. The fraction of sp³-hybridized carbons (Fsp3) is 0.417. The number of hydrogen-bond donors (Lipinski definition) is 0. The highest BCUT2D eigenvalue weighted by atomic mass is 19.3. The first kappa shape index (κ1) is 13.0. The van der Waals surface area contributed by atoms with Crippen LogP contribution in [0, 0.1) is 12.7 Å². The van der Waals surface area contributed by atoms with Crippen molar-refractivity contribution in [1.82, 2.24) is 0 Å². The van der Waals surface area contributed by atoms with E-state index < -0.39 is 24.3 Å². The molecule has 1 aromatic rings. The number of ether oxygens (including phenoxy) is 1. The largest absolute Gasteiger partial charge is 0.375 e. The lowest BCUT2D eigenvalue weighted by Gasteiger charge is -2.24. The van der Waals surface area contributed by atoms with E-state index in [0.717, 1.165) is 12.1 Å². The minimum absolute atomic E-state index is 0.00923. The van der Waals surface area contributed by atoms with Gasteiger partial charge in [-0.25, -0.2) is 13.2 Å². The summed E-state index contributed by atoms with van der Waals surface area (Å²) in [5.41, 5.74) is 0.377. The molecule has 0 saturated carbocycles. The molecule has 0 aromatic heterocycles. The van der Waals surface area contributed by atoms with Crippen molar-refractivity contribution in [3.05, 3.63) is 42.6 Å². The van der Waals surface area contributed by atoms with Crippen LogP contribution in [0.5, 0.6) is 0 Å². The molecular weight excluding hydrogens is 217 g/mol. The van der Waals surface area contributed by atoms with Gasteiger partial charge in [0.2, 0.25) is 0 Å². The Morgan fingerprint density at radius 3 is 2.31 bits per heavy atom. The molecule has 1 radical (unpaired) electrons. The van der Waals surface area contributed by atoms with E-state index in [9.17, 15) is 13.2 Å². The number of methoxy groups -OCH3 is 1. The molecule has 0 fully saturated rings. The molecule has 0 saturated heterocycles. The summed E-state index contributed by atoms with van der Waals surface area (Å²) in [7, 11) is 1.23. The van der Waals surface area contributed by atoms with E-state index in [2.05, 4.69) is 11.7 Å². The van der Waals surface area contributed by atoms with Crippen LogP contribution in [0.2, 0.25) is 0 Å². The minimum Gasteiger partial charge on any atom is -0.375 e. The molecule has 0 aliphatic rings. The second-order valence-corrected chi connectivity index (χ2v) is 3.58. The normalized spacial score (nSPS) is 13.8. The summed E-state index contributed by atoms with van der Waals surface area (Å²) in [5, 5.41) is 0. The Kier molecular flexibility index (Phi) is 4.35. The second-order valence-electron chi connectivity index (χ2n) is 3.58. The van der Waals surface area contributed by atoms with Crippen molar-refractivity contribution < 1.29 is 17.9 Å². The summed E-state index contributed by atoms with van der Waals surface area (Å²) >= 11 is 0. The van der Waals surface area contributed by atoms with Crippen LogP contribution in [0.25, 0.3) is 0 Å². The Bertz CT molecular complexity index is 318. The lowest BCUT2D eigenvalue weighted by Crippen LogP contribution is -2.36. The van der Waals surface area contributed by atoms with Gasteiger partial charge < -0.3 is 4.74 Å². The van der Waals surface area contributed by atoms with Crippen molar-refractivity contribution in [2.45, 2.75) is 24.9 Å². The van der Waals surface area contributed by atoms with Gasteiger partial charge >= 0.3 is 0 Å². The first-order chi connectivity index (χ1) is 7.49. The molecule has 16 heavy (non-hydrogen) atoms. The number of rotatable bonds is 5. The average Bonchev–Trinajstić information content (AvgIpc) is 2.22. The van der Waals surface area contributed by atoms with Gasteiger partial charge in [-0.3, -0.25) is 0 Å². The van der Waals surface area contributed by atoms with E-state index in [-0.39, 0.29) is 6.42 Å². The lowest BCUT2D eigenvalue weighted by atomic mass is 10.0. The summed E-state index contributed by atoms with van der Waals surface area (Å²) in [4.78, 5) is 0. The van der Waals surface area contributed by atoms with E-state index in [1.807, 2.05) is 0 Å². The maximum atomic E-state index is 13.6. The molecule has 0 amide bonds. The van der Waals surface area contributed by atoms with Crippen LogP contribution in [0.1, 0.15) is 12.0 Å². The molecule has 1 unspecified atom stereocenters. The van der Waals surface area contributed by atoms with Gasteiger partial charge in [-0.05, 0) is 24.1 Å². The lowest BCUT2D eigenvalue weighted by molar-refractivity contribution is -0.121. The van der Waals surface area contributed by atoms with E-state index in [1.54, 1.807) is 0 Å². The Hall–Kier alpha value is -1.03. The van der Waals surface area contributed by atoms with Crippen LogP contribution in [0.4, 0.5) is 13.2 Å². The SMILES string of the molecule is [CH2]CC(OC)C(F)(F)Cc1ccc(F)cc1. The first-order valence-electron chi connectivity index (χ1n) is 4.94. The molecule has 1 aromatic carbocycles. The number of halogens is 3. The average molecular weight is 231 g/mol. The predicted molar refractivity (Wildman–Crippen MR) is 55.8 cm³/mol. The summed E-state index contributed by atoms with van der Waals surface area (Å²) < 4.78 is 44.5. The van der Waals surface area contributed by atoms with Gasteiger partial charge in [0.15, 0.2) is 0 Å². The summed E-state index contributed by atoms with van der Waals surface area (Å²) in [6, 6.07) is 5.02. The van der Waals surface area contributed by atoms with Gasteiger partial charge in [0.1, 0.15) is 11.9 Å². The molecule has 1 atom stereocenters. The topological polar surface area (TPSA) is 9.23 Å². The highest BCUT2D eigenvalue weighted by Gasteiger charge is 2.38. The third-order valence-electron chi connectivity index (χ3n) is 2.37. The van der Waals surface area contributed by atoms with Crippen molar-refractivity contribution in [3.63, 3.8) is 0 Å². The van der Waals surface area contributed by atoms with Gasteiger partial charge in [-0.15, -0.1) is 0 Å². The third kappa shape index (κ3) is 3.23. The van der Waals surface area contributed by atoms with Crippen molar-refractivity contribution in [2.75, 3.05) is 7.11 Å². The highest BCUT2D eigenvalue weighted by Crippen LogP contribution is 2.27. The molecule has 0 N–H and O–H groups in total. The Balaban J connectivity index is 2.75. The molecule has 1 rings (SSSR count). The van der Waals surface area contributed by atoms with E-state index in [0.29, 0.717) is 5.56 Å². The zero-order chi connectivity index (χ0) is 12.2. The highest BCUT2D eigenvalue weighted by molar-refractivity contribution is 5.18. The quantitative estimate of drug-likeness (QED) is 0.755. The van der Waals surface area contributed by atoms with Crippen LogP contribution < -0.4 is 0 Å². The standard InChI is InChI=1S/C12H14F3O/c1-3-11(16-2)12(14,15)8-9-4-6-10(13)7-5-9/h4-7,11H,1,3,8H2,2H3. The van der Waals surface area contributed by atoms with Crippen molar-refractivity contribution in [3.8, 4) is 0 Å². The molecule has 89 valence electrons. The summed E-state index contributed by atoms with van der Waals surface area (Å²) in [5.74, 6) is -3.43. The van der Waals surface area contributed by atoms with Gasteiger partial charge in [0.25, 0.3) is 5.92 Å². The zero-order valence-corrected chi connectivity index (χ0v) is 9.05. The van der Waals surface area contributed by atoms with Gasteiger partial charge in [0.05, 0.1) is 0 Å². The maximum absolute atomic E-state index is 13.6. The second kappa shape index (κ2) is 5.34. The molecule has 0 aliphatic heterocycles. The molecule has 1 nitrogen and oxygen atoms in total. The number of hydrogen-bond acceptors (Lipinski definition) is 1. The van der Waals surface area contributed by atoms with Gasteiger partial charge in [-0.2, -0.15) is 0 Å². The Labute approximate surface area is 93.2 Å². The van der Waals surface area contributed by atoms with Crippen LogP contribution in [0.15, 0.2) is 24.3 Å². The molecule has 0 spiro atoms. The number of benzene rings is 1. The Morgan fingerprint density at radius 2 is 1.88 bits per heavy atom. The molecule has 4 heteroatoms. The minimum atomic E-state index is -2.99. The third-order valence-corrected chi connectivity index (χ3v) is 2.37. The number of alkyl halides is 2. The van der Waals surface area contributed by atoms with Gasteiger partial charge in [-0.1, -0.05) is 19.1 Å². The van der Waals surface area contributed by atoms with Crippen LogP contribution in [-0.4, -0.2) is 19.1 Å². The predicted octanol–water partition coefficient (Wildman–Crippen LogP) is 3.24. The molecule has 0 aliphatic carbocycles. The zero-order valence-electron chi connectivity index (χ0n) is 9.05. The summed E-state index contributed by atoms with van der Waals surface area (Å²) in [6.45, 7) is 3.41. The van der Waals surface area contributed by atoms with Crippen LogP contribution >= 0.6 is 0 Å². The summed E-state index contributed by atoms with van der Waals surface area (Å²) in [6.07, 6.45) is -1.69. The fourth-order valence-corrected chi connectivity index (χ4v) is 1.49. The van der Waals surface area contributed by atoms with Crippen LogP contribution in [0.3, 0.4) is 0 Å². The van der Waals surface area contributed by atoms with Crippen LogP contribution in [-0.2, 0) is 11.2 Å². The van der Waals surface area contributed by atoms with E-state index in [4.69, 9.17) is 0 Å². The van der Waals surface area contributed by atoms with E-state index >= 15 is 0 Å². The fourth-order valence-electron chi connectivity index (χ4n) is 1.49. The monoisotopic (exact) mass is 231 g/mol. The molecular formula is C12H14F3O. The van der Waals surface area contributed by atoms with Gasteiger partial charge in [0, 0.05) is 13.5 Å². The van der Waals surface area contributed by atoms with E-state index in [1.165, 1.54) is 19.2 Å². The molecule has 0 bridgehead atoms. The van der Waals surface area contributed by atoms with Crippen molar-refractivity contribution >= 4 is 0 Å². The van der Waals surface area contributed by atoms with Crippen molar-refractivity contribution in [1.29, 1.82) is 0 Å². The Morgan fingerprint density at radius 1 is 1.31 bits per heavy atom. The molecule has 0 heterocycles.